The number of carbonyl (C=O) groups excluding carboxylic acids is 1. The van der Waals surface area contributed by atoms with Gasteiger partial charge in [0.1, 0.15) is 29.1 Å². The zero-order valence-corrected chi connectivity index (χ0v) is 19.6. The minimum absolute atomic E-state index is 0.230. The number of fused-ring (bicyclic) bond motifs is 3. The van der Waals surface area contributed by atoms with Gasteiger partial charge in [-0.1, -0.05) is 42.5 Å². The number of primary amides is 1. The van der Waals surface area contributed by atoms with Gasteiger partial charge < -0.3 is 34.9 Å². The highest BCUT2D eigenvalue weighted by Crippen LogP contribution is 2.70. The first-order chi connectivity index (χ1) is 16.8. The van der Waals surface area contributed by atoms with E-state index in [-0.39, 0.29) is 17.1 Å². The summed E-state index contributed by atoms with van der Waals surface area (Å²) in [4.78, 5) is 12.8. The van der Waals surface area contributed by atoms with Crippen LogP contribution in [0, 0.1) is 5.92 Å². The van der Waals surface area contributed by atoms with E-state index in [2.05, 4.69) is 0 Å². The van der Waals surface area contributed by atoms with Gasteiger partial charge in [-0.2, -0.15) is 0 Å². The first kappa shape index (κ1) is 23.0. The number of rotatable bonds is 6. The van der Waals surface area contributed by atoms with E-state index in [1.54, 1.807) is 43.5 Å². The predicted molar refractivity (Wildman–Crippen MR) is 127 cm³/mol. The van der Waals surface area contributed by atoms with E-state index in [9.17, 15) is 15.0 Å². The first-order valence-corrected chi connectivity index (χ1v) is 11.2. The second kappa shape index (κ2) is 8.18. The molecule has 5 atom stereocenters. The molecule has 0 radical (unpaired) electrons. The zero-order chi connectivity index (χ0) is 25.0. The Morgan fingerprint density at radius 3 is 2.17 bits per heavy atom. The fourth-order valence-corrected chi connectivity index (χ4v) is 5.82. The number of amides is 1. The van der Waals surface area contributed by atoms with Gasteiger partial charge in [0, 0.05) is 18.1 Å². The second-order valence-corrected chi connectivity index (χ2v) is 8.80. The van der Waals surface area contributed by atoms with Crippen molar-refractivity contribution in [3.63, 3.8) is 0 Å². The number of aliphatic hydroxyl groups excluding tert-OH is 1. The van der Waals surface area contributed by atoms with Crippen LogP contribution in [-0.2, 0) is 16.0 Å². The Balaban J connectivity index is 1.88. The zero-order valence-electron chi connectivity index (χ0n) is 19.6. The average molecular weight is 478 g/mol. The van der Waals surface area contributed by atoms with Crippen molar-refractivity contribution in [1.29, 1.82) is 0 Å². The molecule has 0 bridgehead atoms. The van der Waals surface area contributed by atoms with Gasteiger partial charge in [0.2, 0.25) is 5.91 Å². The van der Waals surface area contributed by atoms with Crippen LogP contribution >= 0.6 is 0 Å². The standard InChI is InChI=1S/C27H27NO7/c1-32-17-11-9-16(10-12-17)27-22(15-7-5-4-6-8-15)21(25(28)30)24(29)26(27,31)23-19(34-3)13-18(33-2)14-20(23)35-27/h4-14,21-22,24,29,31H,1-3H3,(H2,28,30)/t21-,22+,24-,26-,27-/m0/s1. The van der Waals surface area contributed by atoms with Gasteiger partial charge in [-0.25, -0.2) is 0 Å². The third-order valence-electron chi connectivity index (χ3n) is 7.28. The van der Waals surface area contributed by atoms with Gasteiger partial charge in [0.25, 0.3) is 0 Å². The number of benzene rings is 3. The quantitative estimate of drug-likeness (QED) is 0.499. The largest absolute Gasteiger partial charge is 0.497 e. The lowest BCUT2D eigenvalue weighted by Crippen LogP contribution is -2.52. The molecule has 5 rings (SSSR count). The molecule has 2 aliphatic rings. The molecule has 1 heterocycles. The number of hydrogen-bond donors (Lipinski definition) is 3. The van der Waals surface area contributed by atoms with Crippen LogP contribution in [0.3, 0.4) is 0 Å². The van der Waals surface area contributed by atoms with E-state index in [1.807, 2.05) is 30.3 Å². The molecule has 0 unspecified atom stereocenters. The van der Waals surface area contributed by atoms with Crippen LogP contribution in [0.25, 0.3) is 0 Å². The lowest BCUT2D eigenvalue weighted by molar-refractivity contribution is -0.154. The topological polar surface area (TPSA) is 120 Å². The van der Waals surface area contributed by atoms with Crippen molar-refractivity contribution in [2.75, 3.05) is 21.3 Å². The molecule has 3 aromatic rings. The molecular weight excluding hydrogens is 450 g/mol. The summed E-state index contributed by atoms with van der Waals surface area (Å²) < 4.78 is 23.0. The molecular formula is C27H27NO7. The van der Waals surface area contributed by atoms with Crippen LogP contribution in [0.15, 0.2) is 66.7 Å². The third kappa shape index (κ3) is 2.96. The smallest absolute Gasteiger partial charge is 0.224 e. The molecule has 1 aliphatic carbocycles. The van der Waals surface area contributed by atoms with Gasteiger partial charge in [0.05, 0.1) is 32.8 Å². The van der Waals surface area contributed by atoms with E-state index < -0.39 is 35.0 Å². The van der Waals surface area contributed by atoms with E-state index in [0.717, 1.165) is 0 Å². The van der Waals surface area contributed by atoms with Crippen LogP contribution in [0.5, 0.6) is 23.0 Å². The summed E-state index contributed by atoms with van der Waals surface area (Å²) >= 11 is 0. The van der Waals surface area contributed by atoms with Crippen molar-refractivity contribution in [1.82, 2.24) is 0 Å². The van der Waals surface area contributed by atoms with Crippen molar-refractivity contribution in [3.8, 4) is 23.0 Å². The summed E-state index contributed by atoms with van der Waals surface area (Å²) in [6.45, 7) is 0. The van der Waals surface area contributed by atoms with Crippen LogP contribution in [0.2, 0.25) is 0 Å². The summed E-state index contributed by atoms with van der Waals surface area (Å²) in [7, 11) is 4.51. The van der Waals surface area contributed by atoms with Crippen molar-refractivity contribution in [2.45, 2.75) is 23.2 Å². The first-order valence-electron chi connectivity index (χ1n) is 11.2. The molecule has 0 saturated heterocycles. The monoisotopic (exact) mass is 477 g/mol. The van der Waals surface area contributed by atoms with E-state index in [1.165, 1.54) is 14.2 Å². The average Bonchev–Trinajstić information content (AvgIpc) is 3.26. The molecule has 1 saturated carbocycles. The molecule has 1 aliphatic heterocycles. The third-order valence-corrected chi connectivity index (χ3v) is 7.28. The Morgan fingerprint density at radius 1 is 0.943 bits per heavy atom. The lowest BCUT2D eigenvalue weighted by atomic mass is 9.70. The molecule has 35 heavy (non-hydrogen) atoms. The molecule has 3 aromatic carbocycles. The summed E-state index contributed by atoms with van der Waals surface area (Å²) in [6.07, 6.45) is -1.60. The number of ether oxygens (including phenoxy) is 4. The van der Waals surface area contributed by atoms with E-state index in [4.69, 9.17) is 24.7 Å². The van der Waals surface area contributed by atoms with Gasteiger partial charge in [-0.15, -0.1) is 0 Å². The molecule has 8 heteroatoms. The highest BCUT2D eigenvalue weighted by atomic mass is 16.5. The van der Waals surface area contributed by atoms with Crippen molar-refractivity contribution in [3.05, 3.63) is 83.4 Å². The molecule has 0 aromatic heterocycles. The fraction of sp³-hybridized carbons (Fsp3) is 0.296. The summed E-state index contributed by atoms with van der Waals surface area (Å²) in [5.41, 5.74) is 3.60. The minimum Gasteiger partial charge on any atom is -0.497 e. The highest BCUT2D eigenvalue weighted by Gasteiger charge is 2.77. The van der Waals surface area contributed by atoms with Crippen molar-refractivity contribution in [2.24, 2.45) is 11.7 Å². The Labute approximate surface area is 202 Å². The number of carbonyl (C=O) groups is 1. The van der Waals surface area contributed by atoms with Gasteiger partial charge in [-0.05, 0) is 23.3 Å². The van der Waals surface area contributed by atoms with E-state index in [0.29, 0.717) is 22.6 Å². The van der Waals surface area contributed by atoms with Crippen molar-refractivity contribution >= 4 is 5.91 Å². The predicted octanol–water partition coefficient (Wildman–Crippen LogP) is 2.45. The van der Waals surface area contributed by atoms with Crippen LogP contribution in [-0.4, -0.2) is 43.6 Å². The Hall–Kier alpha value is -3.75. The van der Waals surface area contributed by atoms with E-state index >= 15 is 0 Å². The number of methoxy groups -OCH3 is 3. The summed E-state index contributed by atoms with van der Waals surface area (Å²) in [6, 6.07) is 19.4. The maximum atomic E-state index is 12.8. The fourth-order valence-electron chi connectivity index (χ4n) is 5.82. The number of hydrogen-bond acceptors (Lipinski definition) is 7. The molecule has 182 valence electrons. The van der Waals surface area contributed by atoms with Crippen LogP contribution < -0.4 is 24.7 Å². The maximum absolute atomic E-state index is 12.8. The molecule has 8 nitrogen and oxygen atoms in total. The molecule has 0 spiro atoms. The molecule has 1 fully saturated rings. The molecule has 1 amide bonds. The second-order valence-electron chi connectivity index (χ2n) is 8.80. The van der Waals surface area contributed by atoms with Crippen LogP contribution in [0.1, 0.15) is 22.6 Å². The number of nitrogens with two attached hydrogens (primary N) is 1. The Kier molecular flexibility index (Phi) is 5.38. The van der Waals surface area contributed by atoms with Crippen molar-refractivity contribution < 1.29 is 34.0 Å². The normalized spacial score (nSPS) is 28.5. The van der Waals surface area contributed by atoms with Crippen LogP contribution in [0.4, 0.5) is 0 Å². The highest BCUT2D eigenvalue weighted by molar-refractivity contribution is 5.81. The number of aliphatic hydroxyl groups is 2. The Bertz CT molecular complexity index is 1260. The van der Waals surface area contributed by atoms with Gasteiger partial charge >= 0.3 is 0 Å². The minimum atomic E-state index is -2.09. The molecule has 4 N–H and O–H groups in total. The van der Waals surface area contributed by atoms with Gasteiger partial charge in [-0.3, -0.25) is 4.79 Å². The van der Waals surface area contributed by atoms with Gasteiger partial charge in [0.15, 0.2) is 11.2 Å². The summed E-state index contributed by atoms with van der Waals surface area (Å²) in [5.74, 6) is -1.16. The summed E-state index contributed by atoms with van der Waals surface area (Å²) in [5, 5.41) is 24.3. The Morgan fingerprint density at radius 2 is 1.60 bits per heavy atom. The lowest BCUT2D eigenvalue weighted by Gasteiger charge is -2.40. The SMILES string of the molecule is COc1ccc([C@@]23Oc4cc(OC)cc(OC)c4[C@]2(O)[C@@H](O)[C@@H](C(N)=O)[C@H]3c2ccccc2)cc1. The maximum Gasteiger partial charge on any atom is 0.224 e.